The Labute approximate surface area is 196 Å². The third-order valence-electron chi connectivity index (χ3n) is 4.31. The van der Waals surface area contributed by atoms with Gasteiger partial charge in [0.1, 0.15) is 0 Å². The molecule has 162 valence electrons. The van der Waals surface area contributed by atoms with Crippen LogP contribution < -0.4 is 10.0 Å². The molecule has 0 aliphatic heterocycles. The number of halogens is 2. The van der Waals surface area contributed by atoms with Crippen LogP contribution in [-0.4, -0.2) is 19.6 Å². The van der Waals surface area contributed by atoms with Gasteiger partial charge in [0, 0.05) is 16.3 Å². The van der Waals surface area contributed by atoms with E-state index in [1.54, 1.807) is 73.7 Å². The Hall–Kier alpha value is -2.19. The zero-order chi connectivity index (χ0) is 22.6. The van der Waals surface area contributed by atoms with Crippen LogP contribution in [0.5, 0.6) is 0 Å². The van der Waals surface area contributed by atoms with Gasteiger partial charge in [-0.2, -0.15) is 0 Å². The van der Waals surface area contributed by atoms with Gasteiger partial charge in [-0.15, -0.1) is 11.8 Å². The Kier molecular flexibility index (Phi) is 7.54. The van der Waals surface area contributed by atoms with Crippen LogP contribution in [0.15, 0.2) is 76.5 Å². The van der Waals surface area contributed by atoms with E-state index < -0.39 is 10.0 Å². The molecule has 0 radical (unpaired) electrons. The number of sulfonamides is 1. The van der Waals surface area contributed by atoms with Crippen LogP contribution in [-0.2, 0) is 14.8 Å². The Morgan fingerprint density at radius 3 is 2.13 bits per heavy atom. The normalized spacial score (nSPS) is 12.3. The lowest BCUT2D eigenvalue weighted by Crippen LogP contribution is -2.22. The molecule has 9 heteroatoms. The van der Waals surface area contributed by atoms with Crippen molar-refractivity contribution >= 4 is 62.3 Å². The first-order valence-electron chi connectivity index (χ1n) is 9.26. The Morgan fingerprint density at radius 1 is 0.903 bits per heavy atom. The number of hydrogen-bond donors (Lipinski definition) is 2. The first-order valence-corrected chi connectivity index (χ1v) is 12.4. The minimum atomic E-state index is -3.66. The van der Waals surface area contributed by atoms with Crippen molar-refractivity contribution in [2.75, 3.05) is 10.0 Å². The van der Waals surface area contributed by atoms with Gasteiger partial charge >= 0.3 is 0 Å². The van der Waals surface area contributed by atoms with Crippen molar-refractivity contribution < 1.29 is 13.2 Å². The molecule has 5 nitrogen and oxygen atoms in total. The lowest BCUT2D eigenvalue weighted by Gasteiger charge is -2.13. The monoisotopic (exact) mass is 494 g/mol. The molecule has 2 N–H and O–H groups in total. The highest BCUT2D eigenvalue weighted by Crippen LogP contribution is 2.28. The largest absolute Gasteiger partial charge is 0.325 e. The van der Waals surface area contributed by atoms with Gasteiger partial charge in [0.2, 0.25) is 5.91 Å². The van der Waals surface area contributed by atoms with E-state index >= 15 is 0 Å². The molecule has 0 spiro atoms. The van der Waals surface area contributed by atoms with E-state index in [1.807, 2.05) is 6.92 Å². The quantitative estimate of drug-likeness (QED) is 0.382. The van der Waals surface area contributed by atoms with Crippen molar-refractivity contribution in [3.05, 3.63) is 82.3 Å². The second-order valence-corrected chi connectivity index (χ2v) is 10.7. The molecule has 31 heavy (non-hydrogen) atoms. The van der Waals surface area contributed by atoms with Crippen LogP contribution in [0.2, 0.25) is 10.0 Å². The number of hydrogen-bond acceptors (Lipinski definition) is 4. The minimum Gasteiger partial charge on any atom is -0.325 e. The van der Waals surface area contributed by atoms with Gasteiger partial charge in [0.15, 0.2) is 0 Å². The number of rotatable bonds is 7. The average molecular weight is 495 g/mol. The molecule has 0 aromatic heterocycles. The number of nitrogens with one attached hydrogen (secondary N) is 2. The van der Waals surface area contributed by atoms with E-state index in [9.17, 15) is 13.2 Å². The van der Waals surface area contributed by atoms with E-state index in [-0.39, 0.29) is 16.1 Å². The average Bonchev–Trinajstić information content (AvgIpc) is 2.72. The molecular formula is C22H20Cl2N2O3S2. The van der Waals surface area contributed by atoms with Crippen molar-refractivity contribution in [2.24, 2.45) is 0 Å². The summed E-state index contributed by atoms with van der Waals surface area (Å²) in [5.41, 5.74) is 1.99. The van der Waals surface area contributed by atoms with Gasteiger partial charge in [-0.3, -0.25) is 9.52 Å². The van der Waals surface area contributed by atoms with Crippen molar-refractivity contribution in [1.82, 2.24) is 0 Å². The molecule has 3 aromatic rings. The lowest BCUT2D eigenvalue weighted by molar-refractivity contribution is -0.115. The summed E-state index contributed by atoms with van der Waals surface area (Å²) >= 11 is 13.2. The second kappa shape index (κ2) is 9.96. The van der Waals surface area contributed by atoms with E-state index in [0.717, 1.165) is 10.5 Å². The summed E-state index contributed by atoms with van der Waals surface area (Å²) in [5, 5.41) is 3.20. The molecule has 0 fully saturated rings. The van der Waals surface area contributed by atoms with Crippen molar-refractivity contribution in [3.63, 3.8) is 0 Å². The van der Waals surface area contributed by atoms with Gasteiger partial charge < -0.3 is 5.32 Å². The van der Waals surface area contributed by atoms with Gasteiger partial charge in [0.05, 0.1) is 20.2 Å². The fourth-order valence-electron chi connectivity index (χ4n) is 2.61. The summed E-state index contributed by atoms with van der Waals surface area (Å²) in [4.78, 5) is 13.5. The highest BCUT2D eigenvalue weighted by atomic mass is 35.5. The molecule has 3 rings (SSSR count). The number of carbonyl (C=O) groups is 1. The van der Waals surface area contributed by atoms with E-state index in [4.69, 9.17) is 23.2 Å². The summed E-state index contributed by atoms with van der Waals surface area (Å²) in [6.45, 7) is 3.68. The predicted molar refractivity (Wildman–Crippen MR) is 129 cm³/mol. The summed E-state index contributed by atoms with van der Waals surface area (Å²) in [5.74, 6) is -0.187. The van der Waals surface area contributed by atoms with Crippen LogP contribution in [0, 0.1) is 6.92 Å². The fourth-order valence-corrected chi connectivity index (χ4v) is 4.83. The molecular weight excluding hydrogens is 475 g/mol. The Morgan fingerprint density at radius 2 is 1.52 bits per heavy atom. The highest BCUT2D eigenvalue weighted by Gasteiger charge is 2.16. The van der Waals surface area contributed by atoms with E-state index in [0.29, 0.717) is 21.4 Å². The van der Waals surface area contributed by atoms with Crippen molar-refractivity contribution in [3.8, 4) is 0 Å². The third-order valence-corrected chi connectivity index (χ3v) is 7.56. The topological polar surface area (TPSA) is 75.3 Å². The number of amides is 1. The molecule has 1 atom stereocenters. The summed E-state index contributed by atoms with van der Waals surface area (Å²) in [6.07, 6.45) is 0. The van der Waals surface area contributed by atoms with Crippen LogP contribution in [0.25, 0.3) is 0 Å². The van der Waals surface area contributed by atoms with Gasteiger partial charge in [0.25, 0.3) is 10.0 Å². The van der Waals surface area contributed by atoms with Crippen LogP contribution in [0.3, 0.4) is 0 Å². The van der Waals surface area contributed by atoms with Crippen LogP contribution in [0.1, 0.15) is 12.5 Å². The second-order valence-electron chi connectivity index (χ2n) is 6.82. The molecule has 0 heterocycles. The van der Waals surface area contributed by atoms with Crippen LogP contribution >= 0.6 is 35.0 Å². The zero-order valence-corrected chi connectivity index (χ0v) is 19.9. The highest BCUT2D eigenvalue weighted by molar-refractivity contribution is 8.00. The van der Waals surface area contributed by atoms with Gasteiger partial charge in [-0.05, 0) is 68.4 Å². The molecule has 0 saturated heterocycles. The number of thioether (sulfide) groups is 1. The third kappa shape index (κ3) is 6.40. The van der Waals surface area contributed by atoms with Crippen LogP contribution in [0.4, 0.5) is 11.4 Å². The number of anilines is 2. The maximum Gasteiger partial charge on any atom is 0.261 e. The van der Waals surface area contributed by atoms with E-state index in [1.165, 1.54) is 11.8 Å². The predicted octanol–water partition coefficient (Wildman–Crippen LogP) is 6.22. The summed E-state index contributed by atoms with van der Waals surface area (Å²) in [7, 11) is -3.66. The van der Waals surface area contributed by atoms with Crippen molar-refractivity contribution in [1.29, 1.82) is 0 Å². The summed E-state index contributed by atoms with van der Waals surface area (Å²) < 4.78 is 27.6. The molecule has 0 aliphatic rings. The standard InChI is InChI=1S/C22H20Cl2N2O3S2/c1-14-3-10-19(11-4-14)31(28,29)26-16-5-8-18(9-6-16)30-15(2)22(27)25-17-7-12-20(23)21(24)13-17/h3-13,15,26H,1-2H3,(H,25,27). The van der Waals surface area contributed by atoms with E-state index in [2.05, 4.69) is 10.0 Å². The molecule has 1 amide bonds. The summed E-state index contributed by atoms with van der Waals surface area (Å²) in [6, 6.07) is 18.4. The first kappa shape index (κ1) is 23.5. The number of benzene rings is 3. The molecule has 3 aromatic carbocycles. The Bertz CT molecular complexity index is 1180. The maximum absolute atomic E-state index is 12.5. The van der Waals surface area contributed by atoms with Gasteiger partial charge in [-0.25, -0.2) is 8.42 Å². The van der Waals surface area contributed by atoms with Crippen molar-refractivity contribution in [2.45, 2.75) is 28.9 Å². The van der Waals surface area contributed by atoms with Gasteiger partial charge in [-0.1, -0.05) is 40.9 Å². The molecule has 1 unspecified atom stereocenters. The Balaban J connectivity index is 1.61. The molecule has 0 aliphatic carbocycles. The molecule has 0 bridgehead atoms. The lowest BCUT2D eigenvalue weighted by atomic mass is 10.2. The maximum atomic E-state index is 12.5. The SMILES string of the molecule is Cc1ccc(S(=O)(=O)Nc2ccc(SC(C)C(=O)Nc3ccc(Cl)c(Cl)c3)cc2)cc1. The first-order chi connectivity index (χ1) is 14.6. The smallest absolute Gasteiger partial charge is 0.261 e. The zero-order valence-electron chi connectivity index (χ0n) is 16.7. The molecule has 0 saturated carbocycles. The number of carbonyl (C=O) groups excluding carboxylic acids is 1. The fraction of sp³-hybridized carbons (Fsp3) is 0.136. The number of aryl methyl sites for hydroxylation is 1. The minimum absolute atomic E-state index is 0.187.